The quantitative estimate of drug-likeness (QED) is 0.753. The number of anilines is 1. The second kappa shape index (κ2) is 8.12. The lowest BCUT2D eigenvalue weighted by molar-refractivity contribution is -0.126. The van der Waals surface area contributed by atoms with Gasteiger partial charge in [0.1, 0.15) is 11.9 Å². The van der Waals surface area contributed by atoms with Crippen molar-refractivity contribution in [2.75, 3.05) is 37.7 Å². The first-order chi connectivity index (χ1) is 12.0. The number of rotatable bonds is 4. The molecule has 2 saturated heterocycles. The Kier molecular flexibility index (Phi) is 5.88. The van der Waals surface area contributed by atoms with Crippen LogP contribution in [0.15, 0.2) is 18.2 Å². The molecule has 7 heteroatoms. The molecule has 138 valence electrons. The largest absolute Gasteiger partial charge is 0.393 e. The summed E-state index contributed by atoms with van der Waals surface area (Å²) in [7, 11) is 0. The van der Waals surface area contributed by atoms with Crippen LogP contribution in [0.2, 0.25) is 0 Å². The average Bonchev–Trinajstić information content (AvgIpc) is 2.63. The van der Waals surface area contributed by atoms with E-state index in [1.54, 1.807) is 6.07 Å². The lowest BCUT2D eigenvalue weighted by Gasteiger charge is -2.34. The van der Waals surface area contributed by atoms with Crippen molar-refractivity contribution < 1.29 is 19.0 Å². The maximum Gasteiger partial charge on any atom is 0.240 e. The predicted octanol–water partition coefficient (Wildman–Crippen LogP) is 0.952. The molecule has 2 atom stereocenters. The van der Waals surface area contributed by atoms with Crippen LogP contribution in [0.3, 0.4) is 0 Å². The van der Waals surface area contributed by atoms with Crippen molar-refractivity contribution in [3.63, 3.8) is 0 Å². The van der Waals surface area contributed by atoms with Crippen molar-refractivity contribution in [1.82, 2.24) is 10.6 Å². The summed E-state index contributed by atoms with van der Waals surface area (Å²) >= 11 is 0. The van der Waals surface area contributed by atoms with Gasteiger partial charge in [-0.25, -0.2) is 4.39 Å². The van der Waals surface area contributed by atoms with Gasteiger partial charge in [-0.15, -0.1) is 0 Å². The summed E-state index contributed by atoms with van der Waals surface area (Å²) in [5, 5.41) is 15.8. The molecule has 0 aliphatic carbocycles. The zero-order valence-corrected chi connectivity index (χ0v) is 14.5. The van der Waals surface area contributed by atoms with Gasteiger partial charge in [0.25, 0.3) is 0 Å². The molecule has 2 aliphatic rings. The highest BCUT2D eigenvalue weighted by molar-refractivity contribution is 5.82. The van der Waals surface area contributed by atoms with E-state index in [9.17, 15) is 14.3 Å². The van der Waals surface area contributed by atoms with Crippen LogP contribution in [0.25, 0.3) is 0 Å². The molecule has 0 unspecified atom stereocenters. The lowest BCUT2D eigenvalue weighted by atomic mass is 10.0. The number of ether oxygens (including phenoxy) is 1. The Bertz CT molecular complexity index is 599. The molecule has 0 bridgehead atoms. The van der Waals surface area contributed by atoms with Gasteiger partial charge in [0.2, 0.25) is 5.91 Å². The maximum absolute atomic E-state index is 13.8. The highest BCUT2D eigenvalue weighted by Crippen LogP contribution is 2.29. The van der Waals surface area contributed by atoms with E-state index in [0.29, 0.717) is 32.6 Å². The van der Waals surface area contributed by atoms with E-state index in [0.717, 1.165) is 24.3 Å². The van der Waals surface area contributed by atoms with E-state index in [1.165, 1.54) is 12.1 Å². The molecule has 3 N–H and O–H groups in total. The lowest BCUT2D eigenvalue weighted by Crippen LogP contribution is -2.51. The standard InChI is InChI=1S/C18H26FN3O3/c1-12(21-18(24)16-11-25-9-6-20-16)15-10-13(19)2-3-17(15)22-7-4-14(23)5-8-22/h2-3,10,12,14,16,20,23H,4-9,11H2,1H3,(H,21,24)/t12-,16-/m0/s1. The maximum atomic E-state index is 13.8. The van der Waals surface area contributed by atoms with E-state index in [1.807, 2.05) is 6.92 Å². The zero-order chi connectivity index (χ0) is 17.8. The Morgan fingerprint density at radius 3 is 2.88 bits per heavy atom. The summed E-state index contributed by atoms with van der Waals surface area (Å²) in [6.45, 7) is 4.90. The van der Waals surface area contributed by atoms with Crippen LogP contribution in [0.5, 0.6) is 0 Å². The van der Waals surface area contributed by atoms with Gasteiger partial charge < -0.3 is 25.4 Å². The molecule has 25 heavy (non-hydrogen) atoms. The van der Waals surface area contributed by atoms with E-state index in [2.05, 4.69) is 15.5 Å². The van der Waals surface area contributed by atoms with Gasteiger partial charge in [-0.05, 0) is 38.0 Å². The Hall–Kier alpha value is -1.70. The molecule has 0 aromatic heterocycles. The number of morpholine rings is 1. The highest BCUT2D eigenvalue weighted by atomic mass is 19.1. The number of piperidine rings is 1. The Balaban J connectivity index is 1.73. The van der Waals surface area contributed by atoms with Crippen molar-refractivity contribution in [3.05, 3.63) is 29.6 Å². The van der Waals surface area contributed by atoms with Gasteiger partial charge in [-0.1, -0.05) is 0 Å². The van der Waals surface area contributed by atoms with Crippen molar-refractivity contribution in [1.29, 1.82) is 0 Å². The predicted molar refractivity (Wildman–Crippen MR) is 93.0 cm³/mol. The van der Waals surface area contributed by atoms with Crippen molar-refractivity contribution in [3.8, 4) is 0 Å². The number of hydrogen-bond donors (Lipinski definition) is 3. The third-order valence-electron chi connectivity index (χ3n) is 4.86. The molecular formula is C18H26FN3O3. The van der Waals surface area contributed by atoms with Gasteiger partial charge >= 0.3 is 0 Å². The second-order valence-corrected chi connectivity index (χ2v) is 6.73. The normalized spacial score (nSPS) is 23.3. The summed E-state index contributed by atoms with van der Waals surface area (Å²) < 4.78 is 19.1. The minimum Gasteiger partial charge on any atom is -0.393 e. The third kappa shape index (κ3) is 4.48. The second-order valence-electron chi connectivity index (χ2n) is 6.73. The van der Waals surface area contributed by atoms with Crippen molar-refractivity contribution >= 4 is 11.6 Å². The molecule has 1 aromatic rings. The Morgan fingerprint density at radius 2 is 2.20 bits per heavy atom. The average molecular weight is 351 g/mol. The Morgan fingerprint density at radius 1 is 1.44 bits per heavy atom. The minimum atomic E-state index is -0.377. The molecule has 3 rings (SSSR count). The number of nitrogens with zero attached hydrogens (tertiary/aromatic N) is 1. The van der Waals surface area contributed by atoms with Gasteiger partial charge in [-0.3, -0.25) is 4.79 Å². The number of amides is 1. The molecule has 2 aliphatic heterocycles. The minimum absolute atomic E-state index is 0.142. The summed E-state index contributed by atoms with van der Waals surface area (Å²) in [6, 6.07) is 3.98. The van der Waals surface area contributed by atoms with E-state index < -0.39 is 0 Å². The SMILES string of the molecule is C[C@H](NC(=O)[C@@H]1COCCN1)c1cc(F)ccc1N1CCC(O)CC1. The first kappa shape index (κ1) is 18.1. The van der Waals surface area contributed by atoms with Crippen LogP contribution < -0.4 is 15.5 Å². The summed E-state index contributed by atoms with van der Waals surface area (Å²) in [4.78, 5) is 14.5. The first-order valence-corrected chi connectivity index (χ1v) is 8.88. The molecule has 1 amide bonds. The van der Waals surface area contributed by atoms with Crippen LogP contribution in [-0.4, -0.2) is 56.0 Å². The van der Waals surface area contributed by atoms with E-state index in [-0.39, 0.29) is 29.9 Å². The fourth-order valence-electron chi connectivity index (χ4n) is 3.39. The molecule has 0 spiro atoms. The number of aliphatic hydroxyl groups excluding tert-OH is 1. The van der Waals surface area contributed by atoms with Gasteiger partial charge in [-0.2, -0.15) is 0 Å². The number of halogens is 1. The van der Waals surface area contributed by atoms with Crippen molar-refractivity contribution in [2.45, 2.75) is 38.0 Å². The number of aliphatic hydroxyl groups is 1. The van der Waals surface area contributed by atoms with Gasteiger partial charge in [0, 0.05) is 30.9 Å². The summed E-state index contributed by atoms with van der Waals surface area (Å²) in [5.74, 6) is -0.465. The van der Waals surface area contributed by atoms with E-state index in [4.69, 9.17) is 4.74 Å². The zero-order valence-electron chi connectivity index (χ0n) is 14.5. The number of benzene rings is 1. The number of hydrogen-bond acceptors (Lipinski definition) is 5. The van der Waals surface area contributed by atoms with Crippen LogP contribution in [0.1, 0.15) is 31.4 Å². The summed E-state index contributed by atoms with van der Waals surface area (Å²) in [6.07, 6.45) is 1.12. The molecule has 0 saturated carbocycles. The van der Waals surface area contributed by atoms with Gasteiger partial charge in [0.05, 0.1) is 25.4 Å². The Labute approximate surface area is 147 Å². The number of nitrogens with one attached hydrogen (secondary N) is 2. The molecule has 2 heterocycles. The highest BCUT2D eigenvalue weighted by Gasteiger charge is 2.25. The first-order valence-electron chi connectivity index (χ1n) is 8.88. The molecule has 0 radical (unpaired) electrons. The third-order valence-corrected chi connectivity index (χ3v) is 4.86. The fraction of sp³-hybridized carbons (Fsp3) is 0.611. The molecule has 2 fully saturated rings. The van der Waals surface area contributed by atoms with Crippen LogP contribution in [0.4, 0.5) is 10.1 Å². The number of carbonyl (C=O) groups excluding carboxylic acids is 1. The molecular weight excluding hydrogens is 325 g/mol. The van der Waals surface area contributed by atoms with Gasteiger partial charge in [0.15, 0.2) is 0 Å². The smallest absolute Gasteiger partial charge is 0.240 e. The van der Waals surface area contributed by atoms with Crippen LogP contribution >= 0.6 is 0 Å². The topological polar surface area (TPSA) is 73.8 Å². The van der Waals surface area contributed by atoms with E-state index >= 15 is 0 Å². The number of carbonyl (C=O) groups is 1. The molecule has 1 aromatic carbocycles. The van der Waals surface area contributed by atoms with Crippen LogP contribution in [0, 0.1) is 5.82 Å². The summed E-state index contributed by atoms with van der Waals surface area (Å²) in [5.41, 5.74) is 1.66. The monoisotopic (exact) mass is 351 g/mol. The van der Waals surface area contributed by atoms with Crippen LogP contribution in [-0.2, 0) is 9.53 Å². The fourth-order valence-corrected chi connectivity index (χ4v) is 3.39. The van der Waals surface area contributed by atoms with Crippen molar-refractivity contribution in [2.24, 2.45) is 0 Å². The molecule has 6 nitrogen and oxygen atoms in total.